The van der Waals surface area contributed by atoms with Gasteiger partial charge < -0.3 is 10.8 Å². The zero-order valence-electron chi connectivity index (χ0n) is 9.70. The van der Waals surface area contributed by atoms with E-state index in [1.54, 1.807) is 12.1 Å². The molecule has 0 saturated carbocycles. The maximum absolute atomic E-state index is 13.7. The first-order chi connectivity index (χ1) is 8.42. The van der Waals surface area contributed by atoms with Gasteiger partial charge >= 0.3 is 5.97 Å². The van der Waals surface area contributed by atoms with Crippen molar-refractivity contribution in [3.63, 3.8) is 0 Å². The van der Waals surface area contributed by atoms with Crippen LogP contribution in [0, 0.1) is 5.82 Å². The minimum absolute atomic E-state index is 0.0731. The van der Waals surface area contributed by atoms with Gasteiger partial charge in [0.1, 0.15) is 11.4 Å². The zero-order chi connectivity index (χ0) is 13.3. The molecule has 0 bridgehead atoms. The first-order valence-corrected chi connectivity index (χ1v) is 5.98. The van der Waals surface area contributed by atoms with Gasteiger partial charge in [-0.2, -0.15) is 0 Å². The van der Waals surface area contributed by atoms with Crippen molar-refractivity contribution in [2.45, 2.75) is 18.5 Å². The van der Waals surface area contributed by atoms with Gasteiger partial charge in [-0.15, -0.1) is 0 Å². The first kappa shape index (κ1) is 13.3. The fourth-order valence-corrected chi connectivity index (χ4v) is 2.33. The molecule has 1 heterocycles. The number of carbonyl (C=O) groups is 1. The molecule has 4 nitrogen and oxygen atoms in total. The molecule has 1 aliphatic rings. The average molecular weight is 273 g/mol. The maximum atomic E-state index is 13.7. The Morgan fingerprint density at radius 1 is 1.61 bits per heavy atom. The van der Waals surface area contributed by atoms with Crippen molar-refractivity contribution in [3.8, 4) is 0 Å². The number of nitrogens with zero attached hydrogens (tertiary/aromatic N) is 1. The maximum Gasteiger partial charge on any atom is 0.325 e. The lowest BCUT2D eigenvalue weighted by molar-refractivity contribution is -0.142. The van der Waals surface area contributed by atoms with Gasteiger partial charge in [0.2, 0.25) is 0 Å². The summed E-state index contributed by atoms with van der Waals surface area (Å²) in [4.78, 5) is 12.8. The molecule has 2 rings (SSSR count). The molecular weight excluding hydrogens is 259 g/mol. The molecular formula is C12H14ClFN2O2. The van der Waals surface area contributed by atoms with E-state index in [2.05, 4.69) is 0 Å². The van der Waals surface area contributed by atoms with Crippen molar-refractivity contribution < 1.29 is 14.3 Å². The number of likely N-dealkylation sites (tertiary alicyclic amines) is 1. The number of halogens is 2. The molecule has 3 N–H and O–H groups in total. The Kier molecular flexibility index (Phi) is 3.56. The number of carboxylic acids is 1. The quantitative estimate of drug-likeness (QED) is 0.874. The normalized spacial score (nSPS) is 24.4. The van der Waals surface area contributed by atoms with Gasteiger partial charge in [0.15, 0.2) is 0 Å². The predicted octanol–water partition coefficient (Wildman–Crippen LogP) is 1.47. The van der Waals surface area contributed by atoms with Crippen molar-refractivity contribution in [3.05, 3.63) is 34.6 Å². The van der Waals surface area contributed by atoms with E-state index in [0.717, 1.165) is 0 Å². The second-order valence-corrected chi connectivity index (χ2v) is 5.04. The predicted molar refractivity (Wildman–Crippen MR) is 65.9 cm³/mol. The summed E-state index contributed by atoms with van der Waals surface area (Å²) in [6, 6.07) is 4.79. The molecule has 0 aromatic heterocycles. The molecule has 1 fully saturated rings. The Balaban J connectivity index is 2.08. The van der Waals surface area contributed by atoms with E-state index in [1.807, 2.05) is 4.90 Å². The van der Waals surface area contributed by atoms with Crippen LogP contribution in [-0.4, -0.2) is 34.6 Å². The van der Waals surface area contributed by atoms with Crippen molar-refractivity contribution in [2.24, 2.45) is 5.73 Å². The molecule has 1 atom stereocenters. The highest BCUT2D eigenvalue weighted by Gasteiger charge is 2.41. The Bertz CT molecular complexity index is 483. The van der Waals surface area contributed by atoms with Gasteiger partial charge in [-0.1, -0.05) is 23.7 Å². The largest absolute Gasteiger partial charge is 0.480 e. The van der Waals surface area contributed by atoms with E-state index in [0.29, 0.717) is 25.1 Å². The number of nitrogens with two attached hydrogens (primary N) is 1. The van der Waals surface area contributed by atoms with Crippen LogP contribution in [0.5, 0.6) is 0 Å². The second kappa shape index (κ2) is 4.84. The van der Waals surface area contributed by atoms with Crippen molar-refractivity contribution in [1.82, 2.24) is 4.90 Å². The van der Waals surface area contributed by atoms with Gasteiger partial charge in [0.05, 0.1) is 5.02 Å². The summed E-state index contributed by atoms with van der Waals surface area (Å²) in [6.07, 6.45) is 0.366. The number of benzene rings is 1. The number of hydrogen-bond acceptors (Lipinski definition) is 3. The molecule has 0 spiro atoms. The molecule has 6 heteroatoms. The Morgan fingerprint density at radius 3 is 2.94 bits per heavy atom. The van der Waals surface area contributed by atoms with E-state index < -0.39 is 17.3 Å². The number of aliphatic carboxylic acids is 1. The first-order valence-electron chi connectivity index (χ1n) is 5.60. The molecule has 0 radical (unpaired) electrons. The molecule has 1 saturated heterocycles. The third-order valence-electron chi connectivity index (χ3n) is 3.23. The highest BCUT2D eigenvalue weighted by Crippen LogP contribution is 2.24. The topological polar surface area (TPSA) is 66.6 Å². The smallest absolute Gasteiger partial charge is 0.325 e. The zero-order valence-corrected chi connectivity index (χ0v) is 10.5. The summed E-state index contributed by atoms with van der Waals surface area (Å²) in [5.41, 5.74) is 4.98. The van der Waals surface area contributed by atoms with Crippen LogP contribution < -0.4 is 5.73 Å². The number of hydrogen-bond donors (Lipinski definition) is 2. The van der Waals surface area contributed by atoms with Gasteiger partial charge in [0.25, 0.3) is 0 Å². The lowest BCUT2D eigenvalue weighted by Gasteiger charge is -2.20. The summed E-state index contributed by atoms with van der Waals surface area (Å²) >= 11 is 5.69. The summed E-state index contributed by atoms with van der Waals surface area (Å²) in [5.74, 6) is -1.47. The van der Waals surface area contributed by atoms with Crippen LogP contribution in [0.3, 0.4) is 0 Å². The van der Waals surface area contributed by atoms with E-state index in [1.165, 1.54) is 6.07 Å². The van der Waals surface area contributed by atoms with Crippen LogP contribution >= 0.6 is 11.6 Å². The highest BCUT2D eigenvalue weighted by atomic mass is 35.5. The number of rotatable bonds is 3. The van der Waals surface area contributed by atoms with Gasteiger partial charge in [-0.3, -0.25) is 9.69 Å². The van der Waals surface area contributed by atoms with E-state index in [-0.39, 0.29) is 11.6 Å². The average Bonchev–Trinajstić information content (AvgIpc) is 2.68. The van der Waals surface area contributed by atoms with Crippen LogP contribution in [0.4, 0.5) is 4.39 Å². The fraction of sp³-hybridized carbons (Fsp3) is 0.417. The van der Waals surface area contributed by atoms with Gasteiger partial charge in [-0.05, 0) is 12.5 Å². The lowest BCUT2D eigenvalue weighted by Crippen LogP contribution is -2.50. The van der Waals surface area contributed by atoms with Gasteiger partial charge in [0, 0.05) is 25.2 Å². The Labute approximate surface area is 109 Å². The lowest BCUT2D eigenvalue weighted by atomic mass is 10.0. The second-order valence-electron chi connectivity index (χ2n) is 4.63. The van der Waals surface area contributed by atoms with Crippen molar-refractivity contribution in [1.29, 1.82) is 0 Å². The molecule has 98 valence electrons. The minimum Gasteiger partial charge on any atom is -0.480 e. The third kappa shape index (κ3) is 2.48. The fourth-order valence-electron chi connectivity index (χ4n) is 2.14. The van der Waals surface area contributed by atoms with E-state index in [4.69, 9.17) is 22.4 Å². The summed E-state index contributed by atoms with van der Waals surface area (Å²) < 4.78 is 13.7. The van der Waals surface area contributed by atoms with Crippen LogP contribution in [0.2, 0.25) is 5.02 Å². The van der Waals surface area contributed by atoms with Gasteiger partial charge in [-0.25, -0.2) is 4.39 Å². The third-order valence-corrected chi connectivity index (χ3v) is 3.52. The minimum atomic E-state index is -1.23. The van der Waals surface area contributed by atoms with Crippen LogP contribution in [0.25, 0.3) is 0 Å². The van der Waals surface area contributed by atoms with E-state index in [9.17, 15) is 9.18 Å². The molecule has 1 aromatic rings. The standard InChI is InChI=1S/C12H14ClFN2O2/c13-9-3-1-2-8(10(9)14)6-16-5-4-12(15,7-16)11(17)18/h1-3H,4-7,15H2,(H,17,18). The summed E-state index contributed by atoms with van der Waals surface area (Å²) in [6.45, 7) is 1.07. The van der Waals surface area contributed by atoms with E-state index >= 15 is 0 Å². The van der Waals surface area contributed by atoms with Crippen LogP contribution in [0.1, 0.15) is 12.0 Å². The van der Waals surface area contributed by atoms with Crippen LogP contribution in [-0.2, 0) is 11.3 Å². The Morgan fingerprint density at radius 2 is 2.33 bits per heavy atom. The Hall–Kier alpha value is -1.17. The number of carboxylic acid groups (broad SMARTS) is 1. The molecule has 18 heavy (non-hydrogen) atoms. The molecule has 1 unspecified atom stereocenters. The monoisotopic (exact) mass is 272 g/mol. The molecule has 0 amide bonds. The van der Waals surface area contributed by atoms with Crippen molar-refractivity contribution >= 4 is 17.6 Å². The molecule has 1 aromatic carbocycles. The highest BCUT2D eigenvalue weighted by molar-refractivity contribution is 6.30. The summed E-state index contributed by atoms with van der Waals surface area (Å²) in [5, 5.41) is 9.08. The SMILES string of the molecule is NC1(C(=O)O)CCN(Cc2cccc(Cl)c2F)C1. The van der Waals surface area contributed by atoms with Crippen molar-refractivity contribution in [2.75, 3.05) is 13.1 Å². The molecule has 0 aliphatic carbocycles. The summed E-state index contributed by atoms with van der Waals surface area (Å²) in [7, 11) is 0. The van der Waals surface area contributed by atoms with Crippen LogP contribution in [0.15, 0.2) is 18.2 Å². The molecule has 1 aliphatic heterocycles.